The lowest BCUT2D eigenvalue weighted by Gasteiger charge is -2.16. The molecule has 0 fully saturated rings. The molecule has 1 heterocycles. The van der Waals surface area contributed by atoms with Gasteiger partial charge in [0.25, 0.3) is 0 Å². The van der Waals surface area contributed by atoms with Crippen molar-refractivity contribution >= 4 is 39.0 Å². The van der Waals surface area contributed by atoms with Crippen LogP contribution in [-0.4, -0.2) is 12.3 Å². The molecular weight excluding hydrogens is 326 g/mol. The van der Waals surface area contributed by atoms with Crippen LogP contribution in [0.1, 0.15) is 18.5 Å². The number of hydrogen-bond donors (Lipinski definition) is 1. The molecule has 0 saturated carbocycles. The third-order valence-corrected chi connectivity index (χ3v) is 5.46. The number of hydrogen-bond acceptors (Lipinski definition) is 3. The van der Waals surface area contributed by atoms with E-state index in [9.17, 15) is 0 Å². The molecule has 0 aliphatic heterocycles. The first-order valence-corrected chi connectivity index (χ1v) is 8.66. The van der Waals surface area contributed by atoms with E-state index in [2.05, 4.69) is 69.3 Å². The van der Waals surface area contributed by atoms with E-state index in [0.717, 1.165) is 12.3 Å². The Morgan fingerprint density at radius 2 is 2.17 bits per heavy atom. The Morgan fingerprint density at radius 3 is 2.83 bits per heavy atom. The van der Waals surface area contributed by atoms with Crippen LogP contribution >= 0.6 is 39.0 Å². The van der Waals surface area contributed by atoms with Gasteiger partial charge in [-0.1, -0.05) is 19.1 Å². The monoisotopic (exact) mass is 341 g/mol. The average Bonchev–Trinajstić information content (AvgIpc) is 2.90. The van der Waals surface area contributed by atoms with Gasteiger partial charge in [-0.3, -0.25) is 0 Å². The van der Waals surface area contributed by atoms with Crippen LogP contribution in [0.5, 0.6) is 0 Å². The van der Waals surface area contributed by atoms with Crippen molar-refractivity contribution in [3.8, 4) is 0 Å². The van der Waals surface area contributed by atoms with Gasteiger partial charge in [-0.25, -0.2) is 0 Å². The molecule has 0 bridgehead atoms. The summed E-state index contributed by atoms with van der Waals surface area (Å²) >= 11 is 7.24. The summed E-state index contributed by atoms with van der Waals surface area (Å²) in [6, 6.07) is 11.0. The van der Waals surface area contributed by atoms with Crippen LogP contribution in [-0.2, 0) is 0 Å². The van der Waals surface area contributed by atoms with E-state index in [0.29, 0.717) is 6.04 Å². The lowest BCUT2D eigenvalue weighted by atomic mass is 10.2. The molecule has 1 N–H and O–H groups in total. The summed E-state index contributed by atoms with van der Waals surface area (Å²) in [4.78, 5) is 1.30. The first-order valence-electron chi connectivity index (χ1n) is 5.94. The molecule has 0 saturated heterocycles. The zero-order valence-corrected chi connectivity index (χ0v) is 13.4. The van der Waals surface area contributed by atoms with Crippen molar-refractivity contribution in [3.63, 3.8) is 0 Å². The quantitative estimate of drug-likeness (QED) is 0.745. The Hall–Kier alpha value is -0.290. The molecule has 2 rings (SSSR count). The Balaban J connectivity index is 2.00. The van der Waals surface area contributed by atoms with Crippen molar-refractivity contribution in [2.75, 3.05) is 12.3 Å². The normalized spacial score (nSPS) is 12.6. The molecule has 0 aliphatic carbocycles. The predicted octanol–water partition coefficient (Wildman–Crippen LogP) is 4.95. The topological polar surface area (TPSA) is 12.0 Å². The molecule has 4 heteroatoms. The van der Waals surface area contributed by atoms with Crippen LogP contribution in [0.25, 0.3) is 0 Å². The van der Waals surface area contributed by atoms with Crippen LogP contribution in [0.2, 0.25) is 0 Å². The SMILES string of the molecule is CCNC(CSc1ccccc1Br)c1ccsc1. The minimum Gasteiger partial charge on any atom is -0.309 e. The van der Waals surface area contributed by atoms with Gasteiger partial charge in [-0.05, 0) is 57.0 Å². The highest BCUT2D eigenvalue weighted by atomic mass is 79.9. The summed E-state index contributed by atoms with van der Waals surface area (Å²) in [5.41, 5.74) is 1.39. The summed E-state index contributed by atoms with van der Waals surface area (Å²) < 4.78 is 1.18. The van der Waals surface area contributed by atoms with Gasteiger partial charge in [0.2, 0.25) is 0 Å². The average molecular weight is 342 g/mol. The minimum atomic E-state index is 0.429. The maximum absolute atomic E-state index is 3.59. The van der Waals surface area contributed by atoms with E-state index in [4.69, 9.17) is 0 Å². The van der Waals surface area contributed by atoms with Crippen LogP contribution < -0.4 is 5.32 Å². The molecule has 2 aromatic rings. The first kappa shape index (κ1) is 14.1. The highest BCUT2D eigenvalue weighted by molar-refractivity contribution is 9.10. The zero-order valence-electron chi connectivity index (χ0n) is 10.2. The second-order valence-corrected chi connectivity index (χ2v) is 6.60. The van der Waals surface area contributed by atoms with Gasteiger partial charge in [0, 0.05) is 21.2 Å². The Morgan fingerprint density at radius 1 is 1.33 bits per heavy atom. The molecule has 18 heavy (non-hydrogen) atoms. The molecular formula is C14H16BrNS2. The van der Waals surface area contributed by atoms with Gasteiger partial charge in [-0.2, -0.15) is 11.3 Å². The molecule has 1 aromatic heterocycles. The molecule has 1 atom stereocenters. The largest absolute Gasteiger partial charge is 0.309 e. The summed E-state index contributed by atoms with van der Waals surface area (Å²) in [7, 11) is 0. The number of thioether (sulfide) groups is 1. The smallest absolute Gasteiger partial charge is 0.0423 e. The summed E-state index contributed by atoms with van der Waals surface area (Å²) in [6.07, 6.45) is 0. The number of halogens is 1. The van der Waals surface area contributed by atoms with Gasteiger partial charge in [0.1, 0.15) is 0 Å². The van der Waals surface area contributed by atoms with Gasteiger partial charge < -0.3 is 5.32 Å². The maximum atomic E-state index is 3.59. The third-order valence-electron chi connectivity index (χ3n) is 2.64. The maximum Gasteiger partial charge on any atom is 0.0423 e. The fourth-order valence-electron chi connectivity index (χ4n) is 1.73. The molecule has 0 aliphatic rings. The Bertz CT molecular complexity index is 470. The summed E-state index contributed by atoms with van der Waals surface area (Å²) in [5.74, 6) is 1.05. The van der Waals surface area contributed by atoms with Crippen molar-refractivity contribution in [1.82, 2.24) is 5.32 Å². The van der Waals surface area contributed by atoms with Gasteiger partial charge in [0.15, 0.2) is 0 Å². The van der Waals surface area contributed by atoms with Crippen LogP contribution in [0, 0.1) is 0 Å². The van der Waals surface area contributed by atoms with Crippen LogP contribution in [0.4, 0.5) is 0 Å². The molecule has 1 unspecified atom stereocenters. The molecule has 0 spiro atoms. The number of thiophene rings is 1. The fraction of sp³-hybridized carbons (Fsp3) is 0.286. The van der Waals surface area contributed by atoms with Gasteiger partial charge in [-0.15, -0.1) is 11.8 Å². The number of rotatable bonds is 6. The molecule has 1 nitrogen and oxygen atoms in total. The van der Waals surface area contributed by atoms with Crippen LogP contribution in [0.3, 0.4) is 0 Å². The summed E-state index contributed by atoms with van der Waals surface area (Å²) in [5, 5.41) is 7.92. The van der Waals surface area contributed by atoms with Crippen molar-refractivity contribution in [2.24, 2.45) is 0 Å². The number of benzene rings is 1. The van der Waals surface area contributed by atoms with Crippen molar-refractivity contribution in [2.45, 2.75) is 17.9 Å². The van der Waals surface area contributed by atoms with E-state index in [-0.39, 0.29) is 0 Å². The van der Waals surface area contributed by atoms with E-state index in [1.165, 1.54) is 14.9 Å². The molecule has 0 radical (unpaired) electrons. The zero-order chi connectivity index (χ0) is 12.8. The van der Waals surface area contributed by atoms with E-state index >= 15 is 0 Å². The predicted molar refractivity (Wildman–Crippen MR) is 85.6 cm³/mol. The highest BCUT2D eigenvalue weighted by Gasteiger charge is 2.11. The number of nitrogens with one attached hydrogen (secondary N) is 1. The first-order chi connectivity index (χ1) is 8.81. The van der Waals surface area contributed by atoms with E-state index in [1.54, 1.807) is 11.3 Å². The molecule has 0 amide bonds. The lowest BCUT2D eigenvalue weighted by Crippen LogP contribution is -2.22. The fourth-order valence-corrected chi connectivity index (χ4v) is 4.11. The van der Waals surface area contributed by atoms with E-state index in [1.807, 2.05) is 11.8 Å². The molecule has 1 aromatic carbocycles. The van der Waals surface area contributed by atoms with Crippen molar-refractivity contribution in [3.05, 3.63) is 51.1 Å². The van der Waals surface area contributed by atoms with Gasteiger partial charge >= 0.3 is 0 Å². The second kappa shape index (κ2) is 7.34. The Kier molecular flexibility index (Phi) is 5.76. The summed E-state index contributed by atoms with van der Waals surface area (Å²) in [6.45, 7) is 3.15. The lowest BCUT2D eigenvalue weighted by molar-refractivity contribution is 0.607. The molecule has 96 valence electrons. The van der Waals surface area contributed by atoms with Crippen molar-refractivity contribution < 1.29 is 0 Å². The van der Waals surface area contributed by atoms with Crippen molar-refractivity contribution in [1.29, 1.82) is 0 Å². The van der Waals surface area contributed by atoms with Crippen LogP contribution in [0.15, 0.2) is 50.5 Å². The Labute approximate surface area is 125 Å². The van der Waals surface area contributed by atoms with E-state index < -0.39 is 0 Å². The third kappa shape index (κ3) is 3.85. The second-order valence-electron chi connectivity index (χ2n) is 3.91. The highest BCUT2D eigenvalue weighted by Crippen LogP contribution is 2.30. The van der Waals surface area contributed by atoms with Gasteiger partial charge in [0.05, 0.1) is 0 Å². The minimum absolute atomic E-state index is 0.429. The standard InChI is InChI=1S/C14H16BrNS2/c1-2-16-13(11-7-8-17-9-11)10-18-14-6-4-3-5-12(14)15/h3-9,13,16H,2,10H2,1H3.